The van der Waals surface area contributed by atoms with Crippen molar-refractivity contribution in [3.63, 3.8) is 0 Å². The lowest BCUT2D eigenvalue weighted by Gasteiger charge is -1.96. The van der Waals surface area contributed by atoms with E-state index in [9.17, 15) is 0 Å². The van der Waals surface area contributed by atoms with Gasteiger partial charge in [0.05, 0.1) is 0 Å². The van der Waals surface area contributed by atoms with Crippen molar-refractivity contribution in [2.45, 2.75) is 13.8 Å². The summed E-state index contributed by atoms with van der Waals surface area (Å²) in [4.78, 5) is 8.07. The van der Waals surface area contributed by atoms with E-state index in [2.05, 4.69) is 21.4 Å². The first-order valence-electron chi connectivity index (χ1n) is 3.33. The van der Waals surface area contributed by atoms with Crippen molar-refractivity contribution < 1.29 is 0 Å². The average Bonchev–Trinajstić information content (AvgIpc) is 2.45. The fraction of sp³-hybridized carbons (Fsp3) is 0.286. The standard InChI is InChI=1S/C7H7N4/c1-5-6(2)9-4-11-7(5)8-3-10-11/h3H,1-2H3. The Balaban J connectivity index is 2.93. The number of aryl methyl sites for hydroxylation is 2. The molecule has 0 aromatic carbocycles. The van der Waals surface area contributed by atoms with Gasteiger partial charge in [0.2, 0.25) is 6.33 Å². The first kappa shape index (κ1) is 6.27. The Morgan fingerprint density at radius 3 is 3.09 bits per heavy atom. The molecule has 4 heteroatoms. The normalized spacial score (nSPS) is 10.7. The van der Waals surface area contributed by atoms with Gasteiger partial charge in [-0.05, 0) is 13.8 Å². The summed E-state index contributed by atoms with van der Waals surface area (Å²) in [6.45, 7) is 3.90. The monoisotopic (exact) mass is 147 g/mol. The van der Waals surface area contributed by atoms with E-state index in [0.717, 1.165) is 16.9 Å². The molecule has 11 heavy (non-hydrogen) atoms. The number of rotatable bonds is 0. The second-order valence-electron chi connectivity index (χ2n) is 2.42. The molecule has 0 atom stereocenters. The third kappa shape index (κ3) is 0.790. The zero-order valence-corrected chi connectivity index (χ0v) is 6.37. The molecule has 0 spiro atoms. The van der Waals surface area contributed by atoms with Crippen molar-refractivity contribution in [3.8, 4) is 0 Å². The van der Waals surface area contributed by atoms with Crippen LogP contribution in [0.4, 0.5) is 0 Å². The molecule has 0 bridgehead atoms. The van der Waals surface area contributed by atoms with Crippen LogP contribution in [0.3, 0.4) is 0 Å². The molecule has 0 fully saturated rings. The van der Waals surface area contributed by atoms with Gasteiger partial charge in [-0.15, -0.1) is 0 Å². The molecular formula is C7H7N4. The molecular weight excluding hydrogens is 140 g/mol. The Bertz CT molecular complexity index is 390. The van der Waals surface area contributed by atoms with Crippen LogP contribution in [0.1, 0.15) is 11.3 Å². The highest BCUT2D eigenvalue weighted by Crippen LogP contribution is 2.06. The van der Waals surface area contributed by atoms with Crippen LogP contribution in [0.15, 0.2) is 6.33 Å². The maximum atomic E-state index is 4.06. The van der Waals surface area contributed by atoms with Crippen LogP contribution in [-0.2, 0) is 0 Å². The molecule has 4 nitrogen and oxygen atoms in total. The SMILES string of the molecule is Cc1n[c]n2ncnc2c1C. The molecule has 2 aromatic heterocycles. The highest BCUT2D eigenvalue weighted by molar-refractivity contribution is 5.46. The number of hydrogen-bond donors (Lipinski definition) is 0. The summed E-state index contributed by atoms with van der Waals surface area (Å²) in [7, 11) is 0. The van der Waals surface area contributed by atoms with Crippen LogP contribution >= 0.6 is 0 Å². The van der Waals surface area contributed by atoms with Gasteiger partial charge in [-0.25, -0.2) is 9.97 Å². The van der Waals surface area contributed by atoms with Gasteiger partial charge in [-0.2, -0.15) is 9.61 Å². The lowest BCUT2D eigenvalue weighted by Crippen LogP contribution is -1.96. The Labute approximate surface area is 63.9 Å². The van der Waals surface area contributed by atoms with E-state index in [-0.39, 0.29) is 0 Å². The minimum Gasteiger partial charge on any atom is -0.230 e. The number of fused-ring (bicyclic) bond motifs is 1. The van der Waals surface area contributed by atoms with Gasteiger partial charge in [-0.1, -0.05) is 0 Å². The molecule has 0 saturated heterocycles. The van der Waals surface area contributed by atoms with Gasteiger partial charge >= 0.3 is 0 Å². The number of nitrogens with zero attached hydrogens (tertiary/aromatic N) is 4. The highest BCUT2D eigenvalue weighted by atomic mass is 15.3. The average molecular weight is 147 g/mol. The summed E-state index contributed by atoms with van der Waals surface area (Å²) in [6.07, 6.45) is 4.23. The summed E-state index contributed by atoms with van der Waals surface area (Å²) in [5.74, 6) is 0. The Kier molecular flexibility index (Phi) is 1.15. The van der Waals surface area contributed by atoms with Gasteiger partial charge in [0, 0.05) is 11.3 Å². The fourth-order valence-corrected chi connectivity index (χ4v) is 0.938. The van der Waals surface area contributed by atoms with E-state index in [0.29, 0.717) is 0 Å². The van der Waals surface area contributed by atoms with Crippen molar-refractivity contribution in [1.82, 2.24) is 19.6 Å². The molecule has 1 radical (unpaired) electrons. The van der Waals surface area contributed by atoms with Gasteiger partial charge in [-0.3, -0.25) is 0 Å². The molecule has 0 amide bonds. The summed E-state index contributed by atoms with van der Waals surface area (Å²) >= 11 is 0. The van der Waals surface area contributed by atoms with Crippen LogP contribution < -0.4 is 0 Å². The molecule has 0 unspecified atom stereocenters. The van der Waals surface area contributed by atoms with Gasteiger partial charge in [0.25, 0.3) is 0 Å². The van der Waals surface area contributed by atoms with Crippen molar-refractivity contribution in [2.24, 2.45) is 0 Å². The quantitative estimate of drug-likeness (QED) is 0.546. The van der Waals surface area contributed by atoms with Crippen LogP contribution in [0, 0.1) is 20.2 Å². The van der Waals surface area contributed by atoms with Crippen molar-refractivity contribution in [2.75, 3.05) is 0 Å². The first-order valence-corrected chi connectivity index (χ1v) is 3.33. The van der Waals surface area contributed by atoms with Crippen LogP contribution in [-0.4, -0.2) is 19.6 Å². The molecule has 55 valence electrons. The predicted octanol–water partition coefficient (Wildman–Crippen LogP) is 0.541. The van der Waals surface area contributed by atoms with Crippen molar-refractivity contribution in [1.29, 1.82) is 0 Å². The maximum absolute atomic E-state index is 4.06. The number of aromatic nitrogens is 4. The van der Waals surface area contributed by atoms with Crippen LogP contribution in [0.25, 0.3) is 5.65 Å². The highest BCUT2D eigenvalue weighted by Gasteiger charge is 2.02. The van der Waals surface area contributed by atoms with E-state index < -0.39 is 0 Å². The third-order valence-corrected chi connectivity index (χ3v) is 1.74. The Morgan fingerprint density at radius 1 is 1.45 bits per heavy atom. The van der Waals surface area contributed by atoms with Gasteiger partial charge in [0.1, 0.15) is 6.33 Å². The molecule has 0 aliphatic rings. The predicted molar refractivity (Wildman–Crippen MR) is 39.1 cm³/mol. The Hall–Kier alpha value is -1.45. The molecule has 0 saturated carbocycles. The molecule has 2 heterocycles. The minimum absolute atomic E-state index is 0.831. The molecule has 2 aromatic rings. The van der Waals surface area contributed by atoms with E-state index in [1.54, 1.807) is 4.52 Å². The second-order valence-corrected chi connectivity index (χ2v) is 2.42. The summed E-state index contributed by atoms with van der Waals surface area (Å²) < 4.78 is 1.54. The zero-order chi connectivity index (χ0) is 7.84. The maximum Gasteiger partial charge on any atom is 0.201 e. The number of hydrogen-bond acceptors (Lipinski definition) is 3. The summed E-state index contributed by atoms with van der Waals surface area (Å²) in [6, 6.07) is 0. The lowest BCUT2D eigenvalue weighted by atomic mass is 10.3. The van der Waals surface area contributed by atoms with Gasteiger partial charge < -0.3 is 0 Å². The van der Waals surface area contributed by atoms with Crippen LogP contribution in [0.5, 0.6) is 0 Å². The van der Waals surface area contributed by atoms with E-state index in [4.69, 9.17) is 0 Å². The van der Waals surface area contributed by atoms with E-state index in [1.807, 2.05) is 13.8 Å². The van der Waals surface area contributed by atoms with Crippen LogP contribution in [0.2, 0.25) is 0 Å². The molecule has 0 N–H and O–H groups in total. The molecule has 0 aliphatic heterocycles. The van der Waals surface area contributed by atoms with Crippen molar-refractivity contribution >= 4 is 5.65 Å². The fourth-order valence-electron chi connectivity index (χ4n) is 0.938. The third-order valence-electron chi connectivity index (χ3n) is 1.74. The summed E-state index contributed by atoms with van der Waals surface area (Å²) in [5, 5.41) is 3.91. The zero-order valence-electron chi connectivity index (χ0n) is 6.37. The van der Waals surface area contributed by atoms with Crippen molar-refractivity contribution in [3.05, 3.63) is 23.9 Å². The molecule has 2 rings (SSSR count). The Morgan fingerprint density at radius 2 is 2.27 bits per heavy atom. The lowest BCUT2D eigenvalue weighted by molar-refractivity contribution is 0.889. The van der Waals surface area contributed by atoms with E-state index in [1.165, 1.54) is 6.33 Å². The van der Waals surface area contributed by atoms with Gasteiger partial charge in [0.15, 0.2) is 5.65 Å². The minimum atomic E-state index is 0.831. The van der Waals surface area contributed by atoms with E-state index >= 15 is 0 Å². The first-order chi connectivity index (χ1) is 5.29. The smallest absolute Gasteiger partial charge is 0.201 e. The second kappa shape index (κ2) is 2.02. The summed E-state index contributed by atoms with van der Waals surface area (Å²) in [5.41, 5.74) is 2.84. The topological polar surface area (TPSA) is 43.1 Å². The molecule has 0 aliphatic carbocycles. The largest absolute Gasteiger partial charge is 0.230 e.